The topological polar surface area (TPSA) is 119 Å². The number of methoxy groups -OCH3 is 2. The van der Waals surface area contributed by atoms with Gasteiger partial charge in [0.05, 0.1) is 24.2 Å². The highest BCUT2D eigenvalue weighted by Crippen LogP contribution is 2.33. The number of likely N-dealkylation sites (tertiary alicyclic amines) is 1. The molecule has 0 aromatic heterocycles. The molecule has 9 nitrogen and oxygen atoms in total. The summed E-state index contributed by atoms with van der Waals surface area (Å²) in [6, 6.07) is 3.75. The fourth-order valence-electron chi connectivity index (χ4n) is 3.08. The van der Waals surface area contributed by atoms with E-state index in [0.717, 1.165) is 6.07 Å². The first-order valence-corrected chi connectivity index (χ1v) is 7.68. The molecule has 1 aromatic carbocycles. The number of non-ortho nitro benzene ring substituents is 1. The highest BCUT2D eigenvalue weighted by Gasteiger charge is 2.44. The number of nitro benzene ring substituents is 1. The van der Waals surface area contributed by atoms with Gasteiger partial charge in [0.15, 0.2) is 0 Å². The van der Waals surface area contributed by atoms with Gasteiger partial charge in [0.1, 0.15) is 11.2 Å². The van der Waals surface area contributed by atoms with Crippen LogP contribution < -0.4 is 4.74 Å². The summed E-state index contributed by atoms with van der Waals surface area (Å²) in [6.45, 7) is 0.322. The number of piperidine rings is 1. The van der Waals surface area contributed by atoms with Crippen molar-refractivity contribution in [1.29, 1.82) is 0 Å². The molecule has 1 unspecified atom stereocenters. The Morgan fingerprint density at radius 1 is 1.40 bits per heavy atom. The van der Waals surface area contributed by atoms with E-state index >= 15 is 0 Å². The number of aliphatic carboxylic acids is 1. The van der Waals surface area contributed by atoms with Crippen LogP contribution in [0.3, 0.4) is 0 Å². The number of rotatable bonds is 6. The maximum absolute atomic E-state index is 12.9. The fourth-order valence-corrected chi connectivity index (χ4v) is 3.08. The van der Waals surface area contributed by atoms with Gasteiger partial charge in [-0.3, -0.25) is 19.7 Å². The molecule has 1 aliphatic rings. The molecular formula is C16H20N2O7. The molecule has 0 radical (unpaired) electrons. The zero-order valence-corrected chi connectivity index (χ0v) is 14.1. The molecule has 2 rings (SSSR count). The van der Waals surface area contributed by atoms with E-state index < -0.39 is 22.2 Å². The third-order valence-corrected chi connectivity index (χ3v) is 4.36. The van der Waals surface area contributed by atoms with Crippen molar-refractivity contribution >= 4 is 17.6 Å². The molecule has 0 saturated carbocycles. The zero-order chi connectivity index (χ0) is 18.6. The predicted molar refractivity (Wildman–Crippen MR) is 86.7 cm³/mol. The monoisotopic (exact) mass is 352 g/mol. The lowest BCUT2D eigenvalue weighted by atomic mass is 9.80. The molecule has 1 atom stereocenters. The number of nitro groups is 1. The minimum Gasteiger partial charge on any atom is -0.496 e. The van der Waals surface area contributed by atoms with Crippen LogP contribution in [0.1, 0.15) is 23.2 Å². The molecule has 1 N–H and O–H groups in total. The number of hydrogen-bond acceptors (Lipinski definition) is 6. The quantitative estimate of drug-likeness (QED) is 0.609. The molecule has 1 heterocycles. The van der Waals surface area contributed by atoms with Gasteiger partial charge >= 0.3 is 5.97 Å². The minimum absolute atomic E-state index is 0.0157. The molecule has 0 bridgehead atoms. The van der Waals surface area contributed by atoms with Crippen molar-refractivity contribution in [3.8, 4) is 5.75 Å². The van der Waals surface area contributed by atoms with Crippen LogP contribution in [0.15, 0.2) is 18.2 Å². The Morgan fingerprint density at radius 2 is 2.12 bits per heavy atom. The van der Waals surface area contributed by atoms with E-state index in [9.17, 15) is 24.8 Å². The first kappa shape index (κ1) is 18.7. The second kappa shape index (κ2) is 7.47. The molecule has 25 heavy (non-hydrogen) atoms. The highest BCUT2D eigenvalue weighted by atomic mass is 16.6. The number of nitrogens with zero attached hydrogens (tertiary/aromatic N) is 2. The number of carbonyl (C=O) groups is 2. The van der Waals surface area contributed by atoms with Crippen molar-refractivity contribution in [3.05, 3.63) is 33.9 Å². The van der Waals surface area contributed by atoms with Crippen molar-refractivity contribution in [2.45, 2.75) is 12.8 Å². The molecule has 1 saturated heterocycles. The number of carbonyl (C=O) groups excluding carboxylic acids is 1. The molecule has 1 aromatic rings. The van der Waals surface area contributed by atoms with Crippen LogP contribution in [0, 0.1) is 15.5 Å². The number of hydrogen-bond donors (Lipinski definition) is 1. The second-order valence-corrected chi connectivity index (χ2v) is 5.99. The first-order chi connectivity index (χ1) is 11.8. The largest absolute Gasteiger partial charge is 0.496 e. The molecule has 0 aliphatic carbocycles. The van der Waals surface area contributed by atoms with Gasteiger partial charge < -0.3 is 19.5 Å². The van der Waals surface area contributed by atoms with E-state index in [1.165, 1.54) is 31.3 Å². The van der Waals surface area contributed by atoms with E-state index in [0.29, 0.717) is 19.4 Å². The predicted octanol–water partition coefficient (Wildman–Crippen LogP) is 1.56. The number of carboxylic acids is 1. The van der Waals surface area contributed by atoms with Crippen molar-refractivity contribution in [1.82, 2.24) is 4.90 Å². The van der Waals surface area contributed by atoms with E-state index in [4.69, 9.17) is 9.47 Å². The summed E-state index contributed by atoms with van der Waals surface area (Å²) in [6.07, 6.45) is 0.894. The van der Waals surface area contributed by atoms with Crippen molar-refractivity contribution in [3.63, 3.8) is 0 Å². The highest BCUT2D eigenvalue weighted by molar-refractivity contribution is 5.98. The lowest BCUT2D eigenvalue weighted by molar-refractivity contribution is -0.384. The van der Waals surface area contributed by atoms with Crippen molar-refractivity contribution < 1.29 is 29.1 Å². The Hall–Kier alpha value is -2.68. The standard InChI is InChI=1S/C16H20N2O7/c1-24-10-16(15(20)21)6-3-7-17(9-16)14(19)12-8-11(18(22)23)4-5-13(12)25-2/h4-5,8H,3,6-7,9-10H2,1-2H3,(H,20,21). The smallest absolute Gasteiger partial charge is 0.313 e. The molecular weight excluding hydrogens is 332 g/mol. The molecule has 9 heteroatoms. The van der Waals surface area contributed by atoms with Gasteiger partial charge in [-0.1, -0.05) is 0 Å². The van der Waals surface area contributed by atoms with Crippen LogP contribution in [0.25, 0.3) is 0 Å². The Morgan fingerprint density at radius 3 is 2.68 bits per heavy atom. The third kappa shape index (κ3) is 3.71. The van der Waals surface area contributed by atoms with E-state index in [2.05, 4.69) is 0 Å². The molecule has 1 aliphatic heterocycles. The maximum atomic E-state index is 12.9. The molecule has 1 amide bonds. The van der Waals surface area contributed by atoms with Gasteiger partial charge in [-0.2, -0.15) is 0 Å². The van der Waals surface area contributed by atoms with Crippen LogP contribution in [0.5, 0.6) is 5.75 Å². The Bertz CT molecular complexity index is 687. The Kier molecular flexibility index (Phi) is 5.58. The second-order valence-electron chi connectivity index (χ2n) is 5.99. The van der Waals surface area contributed by atoms with E-state index in [1.807, 2.05) is 0 Å². The summed E-state index contributed by atoms with van der Waals surface area (Å²) in [7, 11) is 2.77. The first-order valence-electron chi connectivity index (χ1n) is 7.68. The number of carboxylic acid groups (broad SMARTS) is 1. The maximum Gasteiger partial charge on any atom is 0.313 e. The van der Waals surface area contributed by atoms with E-state index in [1.54, 1.807) is 0 Å². The average molecular weight is 352 g/mol. The number of amides is 1. The lowest BCUT2D eigenvalue weighted by Crippen LogP contribution is -2.52. The summed E-state index contributed by atoms with van der Waals surface area (Å²) in [5.41, 5.74) is -1.38. The zero-order valence-electron chi connectivity index (χ0n) is 14.1. The Balaban J connectivity index is 2.35. The molecule has 1 fully saturated rings. The Labute approximate surface area is 144 Å². The lowest BCUT2D eigenvalue weighted by Gasteiger charge is -2.39. The minimum atomic E-state index is -1.18. The number of benzene rings is 1. The van der Waals surface area contributed by atoms with Gasteiger partial charge in [-0.25, -0.2) is 0 Å². The van der Waals surface area contributed by atoms with Gasteiger partial charge in [0.2, 0.25) is 0 Å². The van der Waals surface area contributed by atoms with Gasteiger partial charge in [-0.05, 0) is 18.9 Å². The summed E-state index contributed by atoms with van der Waals surface area (Å²) < 4.78 is 10.2. The average Bonchev–Trinajstić information content (AvgIpc) is 2.60. The van der Waals surface area contributed by atoms with Crippen molar-refractivity contribution in [2.24, 2.45) is 5.41 Å². The SMILES string of the molecule is COCC1(C(=O)O)CCCN(C(=O)c2cc([N+](=O)[O-])ccc2OC)C1. The van der Waals surface area contributed by atoms with Crippen LogP contribution in [-0.4, -0.2) is 60.7 Å². The summed E-state index contributed by atoms with van der Waals surface area (Å²) >= 11 is 0. The molecule has 0 spiro atoms. The summed E-state index contributed by atoms with van der Waals surface area (Å²) in [4.78, 5) is 36.3. The molecule has 136 valence electrons. The summed E-state index contributed by atoms with van der Waals surface area (Å²) in [5, 5.41) is 20.6. The van der Waals surface area contributed by atoms with E-state index in [-0.39, 0.29) is 30.2 Å². The van der Waals surface area contributed by atoms with Crippen LogP contribution >= 0.6 is 0 Å². The summed E-state index contributed by atoms with van der Waals surface area (Å²) in [5.74, 6) is -1.33. The van der Waals surface area contributed by atoms with Crippen LogP contribution in [-0.2, 0) is 9.53 Å². The van der Waals surface area contributed by atoms with Crippen molar-refractivity contribution in [2.75, 3.05) is 33.9 Å². The fraction of sp³-hybridized carbons (Fsp3) is 0.500. The normalized spacial score (nSPS) is 20.2. The van der Waals surface area contributed by atoms with Gasteiger partial charge in [0.25, 0.3) is 11.6 Å². The third-order valence-electron chi connectivity index (χ3n) is 4.36. The van der Waals surface area contributed by atoms with Gasteiger partial charge in [0, 0.05) is 32.3 Å². The van der Waals surface area contributed by atoms with Gasteiger partial charge in [-0.15, -0.1) is 0 Å². The number of ether oxygens (including phenoxy) is 2. The van der Waals surface area contributed by atoms with Crippen LogP contribution in [0.2, 0.25) is 0 Å². The van der Waals surface area contributed by atoms with Crippen LogP contribution in [0.4, 0.5) is 5.69 Å².